The van der Waals surface area contributed by atoms with Crippen molar-refractivity contribution in [3.63, 3.8) is 0 Å². The van der Waals surface area contributed by atoms with Crippen molar-refractivity contribution < 1.29 is 4.79 Å². The summed E-state index contributed by atoms with van der Waals surface area (Å²) in [5.74, 6) is 0.102. The summed E-state index contributed by atoms with van der Waals surface area (Å²) in [4.78, 5) is 14.5. The maximum atomic E-state index is 10.7. The minimum atomic E-state index is 0.102. The molecule has 0 saturated heterocycles. The molecule has 3 heteroatoms. The molecule has 11 heavy (non-hydrogen) atoms. The lowest BCUT2D eigenvalue weighted by Crippen LogP contribution is -2.01. The molecular formula is C8H10N2O. The number of pyridine rings is 1. The molecule has 1 aromatic rings. The van der Waals surface area contributed by atoms with Crippen LogP contribution in [0.2, 0.25) is 0 Å². The molecule has 2 N–H and O–H groups in total. The minimum Gasteiger partial charge on any atom is -0.398 e. The van der Waals surface area contributed by atoms with Crippen molar-refractivity contribution in [1.29, 1.82) is 0 Å². The van der Waals surface area contributed by atoms with Crippen molar-refractivity contribution >= 4 is 11.5 Å². The van der Waals surface area contributed by atoms with Gasteiger partial charge in [0, 0.05) is 30.1 Å². The van der Waals surface area contributed by atoms with E-state index in [1.165, 1.54) is 6.92 Å². The van der Waals surface area contributed by atoms with Crippen molar-refractivity contribution in [1.82, 2.24) is 4.98 Å². The molecule has 0 radical (unpaired) electrons. The van der Waals surface area contributed by atoms with E-state index in [0.29, 0.717) is 12.1 Å². The normalized spacial score (nSPS) is 9.55. The van der Waals surface area contributed by atoms with Gasteiger partial charge in [0.2, 0.25) is 0 Å². The fourth-order valence-corrected chi connectivity index (χ4v) is 0.854. The van der Waals surface area contributed by atoms with Crippen LogP contribution in [0.3, 0.4) is 0 Å². The maximum absolute atomic E-state index is 10.7. The summed E-state index contributed by atoms with van der Waals surface area (Å²) in [6.45, 7) is 1.53. The molecule has 1 heterocycles. The molecule has 0 bridgehead atoms. The van der Waals surface area contributed by atoms with Gasteiger partial charge in [-0.2, -0.15) is 0 Å². The Labute approximate surface area is 65.2 Å². The van der Waals surface area contributed by atoms with Gasteiger partial charge in [-0.05, 0) is 13.0 Å². The number of nitrogen functional groups attached to an aromatic ring is 1. The monoisotopic (exact) mass is 150 g/mol. The zero-order valence-electron chi connectivity index (χ0n) is 6.37. The molecule has 0 fully saturated rings. The summed E-state index contributed by atoms with van der Waals surface area (Å²) in [5.41, 5.74) is 7.02. The third kappa shape index (κ3) is 2.04. The molecule has 0 atom stereocenters. The van der Waals surface area contributed by atoms with Crippen molar-refractivity contribution in [2.75, 3.05) is 5.73 Å². The largest absolute Gasteiger partial charge is 0.398 e. The summed E-state index contributed by atoms with van der Waals surface area (Å²) in [5, 5.41) is 0. The fraction of sp³-hybridized carbons (Fsp3) is 0.250. The number of anilines is 1. The van der Waals surface area contributed by atoms with Crippen LogP contribution < -0.4 is 5.73 Å². The second-order valence-electron chi connectivity index (χ2n) is 2.45. The second kappa shape index (κ2) is 3.14. The summed E-state index contributed by atoms with van der Waals surface area (Å²) >= 11 is 0. The number of aromatic nitrogens is 1. The summed E-state index contributed by atoms with van der Waals surface area (Å²) in [7, 11) is 0. The predicted octanol–water partition coefficient (Wildman–Crippen LogP) is 0.795. The van der Waals surface area contributed by atoms with Gasteiger partial charge in [0.15, 0.2) is 0 Å². The summed E-state index contributed by atoms with van der Waals surface area (Å²) in [6, 6.07) is 1.69. The number of hydrogen-bond donors (Lipinski definition) is 1. The van der Waals surface area contributed by atoms with Gasteiger partial charge in [0.05, 0.1) is 0 Å². The van der Waals surface area contributed by atoms with Crippen LogP contribution in [-0.2, 0) is 11.2 Å². The number of rotatable bonds is 2. The maximum Gasteiger partial charge on any atom is 0.134 e. The third-order valence-corrected chi connectivity index (χ3v) is 1.38. The van der Waals surface area contributed by atoms with Gasteiger partial charge in [0.1, 0.15) is 5.78 Å². The van der Waals surface area contributed by atoms with E-state index in [-0.39, 0.29) is 5.78 Å². The van der Waals surface area contributed by atoms with Crippen LogP contribution in [0.5, 0.6) is 0 Å². The summed E-state index contributed by atoms with van der Waals surface area (Å²) in [6.07, 6.45) is 3.61. The molecule has 1 rings (SSSR count). The van der Waals surface area contributed by atoms with Gasteiger partial charge in [-0.25, -0.2) is 0 Å². The highest BCUT2D eigenvalue weighted by atomic mass is 16.1. The molecule has 3 nitrogen and oxygen atoms in total. The topological polar surface area (TPSA) is 56.0 Å². The van der Waals surface area contributed by atoms with Crippen molar-refractivity contribution in [3.8, 4) is 0 Å². The molecule has 0 aromatic carbocycles. The molecular weight excluding hydrogens is 140 g/mol. The lowest BCUT2D eigenvalue weighted by atomic mass is 10.1. The number of Topliss-reactive ketones (excluding diaryl/α,β-unsaturated/α-hetero) is 1. The Morgan fingerprint density at radius 2 is 2.45 bits per heavy atom. The van der Waals surface area contributed by atoms with Crippen LogP contribution in [0.1, 0.15) is 12.5 Å². The smallest absolute Gasteiger partial charge is 0.134 e. The van der Waals surface area contributed by atoms with E-state index >= 15 is 0 Å². The number of nitrogens with zero attached hydrogens (tertiary/aromatic N) is 1. The van der Waals surface area contributed by atoms with Crippen LogP contribution in [0.4, 0.5) is 5.69 Å². The average molecular weight is 150 g/mol. The molecule has 0 amide bonds. The van der Waals surface area contributed by atoms with Crippen LogP contribution in [0.15, 0.2) is 18.5 Å². The first-order valence-corrected chi connectivity index (χ1v) is 3.38. The molecule has 1 aromatic heterocycles. The van der Waals surface area contributed by atoms with Gasteiger partial charge in [-0.3, -0.25) is 9.78 Å². The van der Waals surface area contributed by atoms with Crippen molar-refractivity contribution in [2.45, 2.75) is 13.3 Å². The fourth-order valence-electron chi connectivity index (χ4n) is 0.854. The average Bonchev–Trinajstić information content (AvgIpc) is 1.93. The third-order valence-electron chi connectivity index (χ3n) is 1.38. The Balaban J connectivity index is 2.86. The molecule has 0 aliphatic carbocycles. The number of hydrogen-bond acceptors (Lipinski definition) is 3. The highest BCUT2D eigenvalue weighted by molar-refractivity contribution is 5.79. The molecule has 0 spiro atoms. The minimum absolute atomic E-state index is 0.102. The Morgan fingerprint density at radius 3 is 3.00 bits per heavy atom. The number of carbonyl (C=O) groups is 1. The van der Waals surface area contributed by atoms with Crippen molar-refractivity contribution in [3.05, 3.63) is 24.0 Å². The van der Waals surface area contributed by atoms with Gasteiger partial charge < -0.3 is 5.73 Å². The SMILES string of the molecule is CC(=O)Cc1cnccc1N. The zero-order chi connectivity index (χ0) is 8.27. The van der Waals surface area contributed by atoms with Gasteiger partial charge >= 0.3 is 0 Å². The van der Waals surface area contributed by atoms with Crippen LogP contribution in [0.25, 0.3) is 0 Å². The first kappa shape index (κ1) is 7.72. The van der Waals surface area contributed by atoms with Gasteiger partial charge in [-0.1, -0.05) is 0 Å². The molecule has 0 aliphatic rings. The van der Waals surface area contributed by atoms with Crippen molar-refractivity contribution in [2.24, 2.45) is 0 Å². The highest BCUT2D eigenvalue weighted by Gasteiger charge is 2.00. The van der Waals surface area contributed by atoms with E-state index in [0.717, 1.165) is 5.56 Å². The number of carbonyl (C=O) groups excluding carboxylic acids is 1. The standard InChI is InChI=1S/C8H10N2O/c1-6(11)4-7-5-10-3-2-8(7)9/h2-3,5H,4H2,1H3,(H2,9,10). The van der Waals surface area contributed by atoms with E-state index in [2.05, 4.69) is 4.98 Å². The zero-order valence-corrected chi connectivity index (χ0v) is 6.37. The molecule has 0 aliphatic heterocycles. The second-order valence-corrected chi connectivity index (χ2v) is 2.45. The molecule has 0 unspecified atom stereocenters. The van der Waals surface area contributed by atoms with E-state index in [1.807, 2.05) is 0 Å². The number of ketones is 1. The summed E-state index contributed by atoms with van der Waals surface area (Å²) < 4.78 is 0. The Hall–Kier alpha value is -1.38. The first-order valence-electron chi connectivity index (χ1n) is 3.38. The van der Waals surface area contributed by atoms with Gasteiger partial charge in [-0.15, -0.1) is 0 Å². The lowest BCUT2D eigenvalue weighted by molar-refractivity contribution is -0.116. The Kier molecular flexibility index (Phi) is 2.21. The Bertz CT molecular complexity index is 271. The lowest BCUT2D eigenvalue weighted by Gasteiger charge is -1.99. The van der Waals surface area contributed by atoms with Gasteiger partial charge in [0.25, 0.3) is 0 Å². The quantitative estimate of drug-likeness (QED) is 0.678. The van der Waals surface area contributed by atoms with Crippen LogP contribution >= 0.6 is 0 Å². The van der Waals surface area contributed by atoms with E-state index in [4.69, 9.17) is 5.73 Å². The van der Waals surface area contributed by atoms with Crippen LogP contribution in [0, 0.1) is 0 Å². The molecule has 0 saturated carbocycles. The highest BCUT2D eigenvalue weighted by Crippen LogP contribution is 2.08. The van der Waals surface area contributed by atoms with E-state index < -0.39 is 0 Å². The first-order chi connectivity index (χ1) is 5.20. The number of nitrogens with two attached hydrogens (primary N) is 1. The Morgan fingerprint density at radius 1 is 1.73 bits per heavy atom. The predicted molar refractivity (Wildman–Crippen MR) is 43.0 cm³/mol. The van der Waals surface area contributed by atoms with E-state index in [1.54, 1.807) is 18.5 Å². The molecule has 58 valence electrons. The van der Waals surface area contributed by atoms with E-state index in [9.17, 15) is 4.79 Å². The van der Waals surface area contributed by atoms with Crippen LogP contribution in [-0.4, -0.2) is 10.8 Å².